The number of benzene rings is 2. The Balaban J connectivity index is 1.75. The maximum Gasteiger partial charge on any atom is 0.333 e. The lowest BCUT2D eigenvalue weighted by Gasteiger charge is -2.14. The number of nitrogens with one attached hydrogen (secondary N) is 1. The molecule has 0 fully saturated rings. The highest BCUT2D eigenvalue weighted by atomic mass is 16.5. The summed E-state index contributed by atoms with van der Waals surface area (Å²) in [5, 5.41) is 2.71. The molecular formula is C25H27N5O6. The Hall–Kier alpha value is -4.38. The third kappa shape index (κ3) is 5.01. The highest BCUT2D eigenvalue weighted by molar-refractivity contribution is 5.92. The van der Waals surface area contributed by atoms with Gasteiger partial charge in [-0.05, 0) is 17.7 Å². The number of hydrogen-bond donors (Lipinski definition) is 1. The smallest absolute Gasteiger partial charge is 0.333 e. The first-order valence-electron chi connectivity index (χ1n) is 11.2. The first-order chi connectivity index (χ1) is 17.5. The van der Waals surface area contributed by atoms with E-state index in [0.29, 0.717) is 30.3 Å². The van der Waals surface area contributed by atoms with Gasteiger partial charge in [-0.3, -0.25) is 14.2 Å². The Labute approximate surface area is 206 Å². The number of hydrogen-bond acceptors (Lipinski definition) is 7. The van der Waals surface area contributed by atoms with Crippen molar-refractivity contribution >= 4 is 22.8 Å². The largest absolute Gasteiger partial charge is 0.497 e. The summed E-state index contributed by atoms with van der Waals surface area (Å²) in [6.45, 7) is 0.403. The van der Waals surface area contributed by atoms with Crippen LogP contribution in [0.3, 0.4) is 0 Å². The average molecular weight is 494 g/mol. The van der Waals surface area contributed by atoms with Crippen LogP contribution in [0.5, 0.6) is 11.5 Å². The zero-order valence-electron chi connectivity index (χ0n) is 20.3. The fourth-order valence-electron chi connectivity index (χ4n) is 3.88. The number of anilines is 1. The number of carbonyl (C=O) groups excluding carboxylic acids is 1. The molecule has 0 saturated carbocycles. The molecule has 11 nitrogen and oxygen atoms in total. The van der Waals surface area contributed by atoms with Crippen LogP contribution in [-0.2, 0) is 29.2 Å². The second-order valence-corrected chi connectivity index (χ2v) is 7.96. The molecule has 0 saturated heterocycles. The molecule has 0 unspecified atom stereocenters. The zero-order valence-corrected chi connectivity index (χ0v) is 20.3. The van der Waals surface area contributed by atoms with E-state index in [2.05, 4.69) is 10.3 Å². The van der Waals surface area contributed by atoms with E-state index in [9.17, 15) is 14.4 Å². The van der Waals surface area contributed by atoms with E-state index in [1.165, 1.54) is 25.1 Å². The normalized spacial score (nSPS) is 11.0. The summed E-state index contributed by atoms with van der Waals surface area (Å²) in [6.07, 6.45) is 1.50. The minimum absolute atomic E-state index is 0.186. The number of aromatic nitrogens is 4. The van der Waals surface area contributed by atoms with Gasteiger partial charge in [0.25, 0.3) is 5.56 Å². The molecule has 0 radical (unpaired) electrons. The van der Waals surface area contributed by atoms with E-state index < -0.39 is 23.7 Å². The quantitative estimate of drug-likeness (QED) is 0.357. The topological polar surface area (TPSA) is 119 Å². The maximum atomic E-state index is 13.5. The van der Waals surface area contributed by atoms with Gasteiger partial charge in [-0.15, -0.1) is 0 Å². The summed E-state index contributed by atoms with van der Waals surface area (Å²) in [6, 6.07) is 14.2. The molecule has 4 rings (SSSR count). The fourth-order valence-corrected chi connectivity index (χ4v) is 3.88. The first-order valence-corrected chi connectivity index (χ1v) is 11.2. The van der Waals surface area contributed by atoms with Crippen LogP contribution < -0.4 is 26.0 Å². The second-order valence-electron chi connectivity index (χ2n) is 7.96. The van der Waals surface area contributed by atoms with Gasteiger partial charge < -0.3 is 24.1 Å². The van der Waals surface area contributed by atoms with Crippen LogP contribution in [0.4, 0.5) is 5.69 Å². The summed E-state index contributed by atoms with van der Waals surface area (Å²) in [5.74, 6) is 0.371. The Morgan fingerprint density at radius 3 is 2.47 bits per heavy atom. The lowest BCUT2D eigenvalue weighted by atomic mass is 10.2. The molecule has 188 valence electrons. The van der Waals surface area contributed by atoms with E-state index in [0.717, 1.165) is 10.1 Å². The van der Waals surface area contributed by atoms with Crippen LogP contribution >= 0.6 is 0 Å². The molecule has 1 N–H and O–H groups in total. The third-order valence-electron chi connectivity index (χ3n) is 5.69. The van der Waals surface area contributed by atoms with Crippen molar-refractivity contribution in [1.82, 2.24) is 18.7 Å². The van der Waals surface area contributed by atoms with Gasteiger partial charge in [-0.25, -0.2) is 14.3 Å². The highest BCUT2D eigenvalue weighted by Crippen LogP contribution is 2.28. The van der Waals surface area contributed by atoms with Crippen molar-refractivity contribution in [3.05, 3.63) is 81.3 Å². The van der Waals surface area contributed by atoms with E-state index >= 15 is 0 Å². The van der Waals surface area contributed by atoms with Crippen molar-refractivity contribution in [2.45, 2.75) is 19.6 Å². The molecule has 2 aromatic heterocycles. The van der Waals surface area contributed by atoms with Gasteiger partial charge in [0.1, 0.15) is 18.0 Å². The Bertz CT molecular complexity index is 1490. The molecule has 0 spiro atoms. The number of nitrogens with zero attached hydrogens (tertiary/aromatic N) is 4. The van der Waals surface area contributed by atoms with Crippen LogP contribution in [0.1, 0.15) is 5.56 Å². The number of fused-ring (bicyclic) bond motifs is 1. The van der Waals surface area contributed by atoms with Gasteiger partial charge in [0.15, 0.2) is 11.2 Å². The Morgan fingerprint density at radius 2 is 1.78 bits per heavy atom. The van der Waals surface area contributed by atoms with Crippen LogP contribution in [-0.4, -0.2) is 52.5 Å². The van der Waals surface area contributed by atoms with Crippen molar-refractivity contribution in [1.29, 1.82) is 0 Å². The fraction of sp³-hybridized carbons (Fsp3) is 0.280. The molecule has 1 amide bonds. The van der Waals surface area contributed by atoms with Gasteiger partial charge in [0.2, 0.25) is 5.91 Å². The number of rotatable bonds is 10. The Morgan fingerprint density at radius 1 is 1.00 bits per heavy atom. The summed E-state index contributed by atoms with van der Waals surface area (Å²) < 4.78 is 19.6. The van der Waals surface area contributed by atoms with Gasteiger partial charge >= 0.3 is 5.69 Å². The standard InChI is InChI=1S/C25H27N5O6/c1-34-12-11-28-16-26-23-22(28)24(32)30(25(33)29(23)14-17-7-5-4-6-8-17)15-21(31)27-19-10-9-18(35-2)13-20(19)36-3/h4-10,13,16H,11-12,14-15H2,1-3H3,(H,27,31). The minimum atomic E-state index is -0.634. The second kappa shape index (κ2) is 10.9. The molecule has 11 heteroatoms. The zero-order chi connectivity index (χ0) is 25.7. The molecule has 0 aliphatic carbocycles. The van der Waals surface area contributed by atoms with Crippen LogP contribution in [0.15, 0.2) is 64.4 Å². The lowest BCUT2D eigenvalue weighted by molar-refractivity contribution is -0.116. The Kier molecular flexibility index (Phi) is 7.50. The monoisotopic (exact) mass is 493 g/mol. The molecule has 0 atom stereocenters. The third-order valence-corrected chi connectivity index (χ3v) is 5.69. The number of carbonyl (C=O) groups is 1. The van der Waals surface area contributed by atoms with Crippen molar-refractivity contribution in [2.75, 3.05) is 33.3 Å². The van der Waals surface area contributed by atoms with Crippen molar-refractivity contribution < 1.29 is 19.0 Å². The average Bonchev–Trinajstić information content (AvgIpc) is 3.32. The van der Waals surface area contributed by atoms with E-state index in [-0.39, 0.29) is 17.7 Å². The van der Waals surface area contributed by atoms with Crippen LogP contribution in [0, 0.1) is 0 Å². The molecule has 2 aromatic carbocycles. The summed E-state index contributed by atoms with van der Waals surface area (Å²) >= 11 is 0. The van der Waals surface area contributed by atoms with E-state index in [1.807, 2.05) is 30.3 Å². The van der Waals surface area contributed by atoms with Crippen LogP contribution in [0.2, 0.25) is 0 Å². The van der Waals surface area contributed by atoms with Gasteiger partial charge in [0, 0.05) is 19.7 Å². The first kappa shape index (κ1) is 24.7. The maximum absolute atomic E-state index is 13.5. The molecule has 36 heavy (non-hydrogen) atoms. The molecule has 0 aliphatic heterocycles. The van der Waals surface area contributed by atoms with Gasteiger partial charge in [0.05, 0.1) is 39.4 Å². The molecule has 4 aromatic rings. The number of imidazole rings is 1. The van der Waals surface area contributed by atoms with Gasteiger partial charge in [-0.1, -0.05) is 30.3 Å². The molecule has 0 bridgehead atoms. The van der Waals surface area contributed by atoms with Crippen molar-refractivity contribution in [2.24, 2.45) is 0 Å². The highest BCUT2D eigenvalue weighted by Gasteiger charge is 2.20. The lowest BCUT2D eigenvalue weighted by Crippen LogP contribution is -2.43. The predicted octanol–water partition coefficient (Wildman–Crippen LogP) is 1.71. The van der Waals surface area contributed by atoms with Crippen molar-refractivity contribution in [3.63, 3.8) is 0 Å². The SMILES string of the molecule is COCCn1cnc2c1c(=O)n(CC(=O)Nc1ccc(OC)cc1OC)c(=O)n2Cc1ccccc1. The molecule has 0 aliphatic rings. The molecule has 2 heterocycles. The summed E-state index contributed by atoms with van der Waals surface area (Å²) in [5.41, 5.74) is 0.461. The van der Waals surface area contributed by atoms with E-state index in [4.69, 9.17) is 14.2 Å². The molecular weight excluding hydrogens is 466 g/mol. The number of methoxy groups -OCH3 is 3. The van der Waals surface area contributed by atoms with Crippen molar-refractivity contribution in [3.8, 4) is 11.5 Å². The van der Waals surface area contributed by atoms with Crippen LogP contribution in [0.25, 0.3) is 11.2 Å². The summed E-state index contributed by atoms with van der Waals surface area (Å²) in [7, 11) is 4.54. The van der Waals surface area contributed by atoms with Gasteiger partial charge in [-0.2, -0.15) is 0 Å². The number of ether oxygens (including phenoxy) is 3. The predicted molar refractivity (Wildman–Crippen MR) is 134 cm³/mol. The minimum Gasteiger partial charge on any atom is -0.497 e. The number of amides is 1. The summed E-state index contributed by atoms with van der Waals surface area (Å²) in [4.78, 5) is 44.2. The van der Waals surface area contributed by atoms with E-state index in [1.54, 1.807) is 29.9 Å².